The maximum absolute atomic E-state index is 12.6. The van der Waals surface area contributed by atoms with Crippen LogP contribution in [0.2, 0.25) is 0 Å². The maximum Gasteiger partial charge on any atom is 0.307 e. The second-order valence-electron chi connectivity index (χ2n) is 6.95. The summed E-state index contributed by atoms with van der Waals surface area (Å²) in [5, 5.41) is 12.2. The van der Waals surface area contributed by atoms with Crippen LogP contribution in [0.5, 0.6) is 0 Å². The van der Waals surface area contributed by atoms with E-state index in [1.807, 2.05) is 6.20 Å². The third kappa shape index (κ3) is 4.31. The van der Waals surface area contributed by atoms with Crippen LogP contribution in [0.25, 0.3) is 0 Å². The average Bonchev–Trinajstić information content (AvgIpc) is 3.17. The monoisotopic (exact) mass is 427 g/mol. The Kier molecular flexibility index (Phi) is 6.01. The van der Waals surface area contributed by atoms with Crippen molar-refractivity contribution in [2.24, 2.45) is 9.98 Å². The van der Waals surface area contributed by atoms with Gasteiger partial charge in [-0.15, -0.1) is 0 Å². The lowest BCUT2D eigenvalue weighted by Crippen LogP contribution is -2.33. The molecule has 2 unspecified atom stereocenters. The van der Waals surface area contributed by atoms with Gasteiger partial charge in [0, 0.05) is 11.8 Å². The summed E-state index contributed by atoms with van der Waals surface area (Å²) < 4.78 is 10.8. The Morgan fingerprint density at radius 2 is 2.13 bits per heavy atom. The molecule has 3 aliphatic rings. The SMILES string of the molecule is COC1=NC=C(C2=CCOCC2)C2SC(NC(=O)c3ccc(CC(=O)O)cc3)=NC12. The molecule has 156 valence electrons. The number of carbonyl (C=O) groups excluding carboxylic acids is 1. The van der Waals surface area contributed by atoms with Crippen LogP contribution < -0.4 is 5.32 Å². The van der Waals surface area contributed by atoms with Crippen LogP contribution in [-0.4, -0.2) is 59.7 Å². The molecule has 1 aromatic carbocycles. The van der Waals surface area contributed by atoms with Crippen LogP contribution in [-0.2, 0) is 20.7 Å². The Hall–Kier alpha value is -2.91. The van der Waals surface area contributed by atoms with Crippen molar-refractivity contribution >= 4 is 34.7 Å². The van der Waals surface area contributed by atoms with Gasteiger partial charge in [0.1, 0.15) is 6.04 Å². The predicted octanol–water partition coefficient (Wildman–Crippen LogP) is 2.17. The molecule has 0 saturated heterocycles. The second-order valence-corrected chi connectivity index (χ2v) is 8.08. The maximum atomic E-state index is 12.6. The van der Waals surface area contributed by atoms with E-state index < -0.39 is 5.97 Å². The number of amides is 1. The summed E-state index contributed by atoms with van der Waals surface area (Å²) in [5.74, 6) is -0.690. The molecular formula is C21H21N3O5S. The van der Waals surface area contributed by atoms with E-state index in [4.69, 9.17) is 14.6 Å². The molecule has 4 rings (SSSR count). The number of carboxylic acid groups (broad SMARTS) is 1. The highest BCUT2D eigenvalue weighted by Crippen LogP contribution is 2.39. The zero-order valence-electron chi connectivity index (χ0n) is 16.3. The van der Waals surface area contributed by atoms with Gasteiger partial charge in [-0.2, -0.15) is 0 Å². The van der Waals surface area contributed by atoms with Gasteiger partial charge in [0.2, 0.25) is 5.90 Å². The summed E-state index contributed by atoms with van der Waals surface area (Å²) in [6.07, 6.45) is 4.63. The number of nitrogens with zero attached hydrogens (tertiary/aromatic N) is 2. The second kappa shape index (κ2) is 8.85. The molecule has 1 aromatic rings. The first-order valence-corrected chi connectivity index (χ1v) is 10.4. The minimum absolute atomic E-state index is 0.0185. The summed E-state index contributed by atoms with van der Waals surface area (Å²) in [7, 11) is 1.57. The summed E-state index contributed by atoms with van der Waals surface area (Å²) in [5.41, 5.74) is 3.35. The Morgan fingerprint density at radius 1 is 1.33 bits per heavy atom. The first-order valence-electron chi connectivity index (χ1n) is 9.50. The first-order chi connectivity index (χ1) is 14.5. The fourth-order valence-corrected chi connectivity index (χ4v) is 4.73. The van der Waals surface area contributed by atoms with E-state index in [0.29, 0.717) is 35.4 Å². The van der Waals surface area contributed by atoms with Gasteiger partial charge in [0.15, 0.2) is 5.17 Å². The van der Waals surface area contributed by atoms with E-state index in [0.717, 1.165) is 12.0 Å². The number of benzene rings is 1. The largest absolute Gasteiger partial charge is 0.482 e. The number of hydrogen-bond donors (Lipinski definition) is 2. The number of ether oxygens (including phenoxy) is 2. The van der Waals surface area contributed by atoms with Crippen LogP contribution >= 0.6 is 11.8 Å². The smallest absolute Gasteiger partial charge is 0.307 e. The minimum Gasteiger partial charge on any atom is -0.482 e. The van der Waals surface area contributed by atoms with E-state index in [2.05, 4.69) is 21.4 Å². The molecule has 2 N–H and O–H groups in total. The lowest BCUT2D eigenvalue weighted by atomic mass is 9.94. The fourth-order valence-electron chi connectivity index (χ4n) is 3.52. The van der Waals surface area contributed by atoms with Gasteiger partial charge >= 0.3 is 5.97 Å². The van der Waals surface area contributed by atoms with E-state index >= 15 is 0 Å². The molecule has 3 aliphatic heterocycles. The van der Waals surface area contributed by atoms with E-state index in [1.54, 1.807) is 31.4 Å². The van der Waals surface area contributed by atoms with E-state index in [9.17, 15) is 9.59 Å². The van der Waals surface area contributed by atoms with Crippen LogP contribution in [0.3, 0.4) is 0 Å². The van der Waals surface area contributed by atoms with Crippen molar-refractivity contribution in [2.75, 3.05) is 20.3 Å². The van der Waals surface area contributed by atoms with Gasteiger partial charge in [-0.3, -0.25) is 9.59 Å². The Balaban J connectivity index is 1.48. The summed E-state index contributed by atoms with van der Waals surface area (Å²) >= 11 is 1.48. The number of nitrogens with one attached hydrogen (secondary N) is 1. The van der Waals surface area contributed by atoms with E-state index in [-0.39, 0.29) is 23.6 Å². The van der Waals surface area contributed by atoms with Gasteiger partial charge in [0.05, 0.1) is 32.0 Å². The molecule has 1 amide bonds. The highest BCUT2D eigenvalue weighted by molar-refractivity contribution is 8.15. The topological polar surface area (TPSA) is 110 Å². The number of amidine groups is 1. The average molecular weight is 427 g/mol. The molecular weight excluding hydrogens is 406 g/mol. The molecule has 0 spiro atoms. The molecule has 0 bridgehead atoms. The molecule has 9 heteroatoms. The molecule has 0 fully saturated rings. The van der Waals surface area contributed by atoms with Crippen molar-refractivity contribution in [3.05, 3.63) is 58.8 Å². The molecule has 8 nitrogen and oxygen atoms in total. The number of thioether (sulfide) groups is 1. The Labute approximate surface area is 177 Å². The van der Waals surface area contributed by atoms with Crippen LogP contribution in [0, 0.1) is 0 Å². The molecule has 3 heterocycles. The van der Waals surface area contributed by atoms with Crippen molar-refractivity contribution in [1.29, 1.82) is 0 Å². The van der Waals surface area contributed by atoms with Crippen molar-refractivity contribution in [3.8, 4) is 0 Å². The normalized spacial score (nSPS) is 22.8. The fraction of sp³-hybridized carbons (Fsp3) is 0.333. The standard InChI is InChI=1S/C21H21N3O5S/c1-28-20-17-18(15(11-22-20)13-6-8-29-9-7-13)30-21(23-17)24-19(27)14-4-2-12(3-5-14)10-16(25)26/h2-6,11,17-18H,7-10H2,1H3,(H,25,26)(H,23,24,27). The molecule has 0 radical (unpaired) electrons. The van der Waals surface area contributed by atoms with Crippen molar-refractivity contribution in [2.45, 2.75) is 24.1 Å². The summed E-state index contributed by atoms with van der Waals surface area (Å²) in [4.78, 5) is 32.5. The Morgan fingerprint density at radius 3 is 2.80 bits per heavy atom. The lowest BCUT2D eigenvalue weighted by Gasteiger charge is -2.26. The van der Waals surface area contributed by atoms with Gasteiger partial charge in [0.25, 0.3) is 5.91 Å². The van der Waals surface area contributed by atoms with Crippen molar-refractivity contribution in [3.63, 3.8) is 0 Å². The number of rotatable bonds is 4. The van der Waals surface area contributed by atoms with Gasteiger partial charge in [-0.05, 0) is 35.3 Å². The zero-order chi connectivity index (χ0) is 21.1. The third-order valence-electron chi connectivity index (χ3n) is 5.01. The van der Waals surface area contributed by atoms with E-state index in [1.165, 1.54) is 17.3 Å². The Bertz CT molecular complexity index is 981. The van der Waals surface area contributed by atoms with Gasteiger partial charge < -0.3 is 19.9 Å². The highest BCUT2D eigenvalue weighted by Gasteiger charge is 2.41. The zero-order valence-corrected chi connectivity index (χ0v) is 17.1. The third-order valence-corrected chi connectivity index (χ3v) is 6.20. The molecule has 0 aromatic heterocycles. The number of carbonyl (C=O) groups is 2. The number of methoxy groups -OCH3 is 1. The number of fused-ring (bicyclic) bond motifs is 1. The molecule has 0 aliphatic carbocycles. The molecule has 0 saturated carbocycles. The summed E-state index contributed by atoms with van der Waals surface area (Å²) in [6, 6.07) is 6.21. The van der Waals surface area contributed by atoms with Crippen molar-refractivity contribution < 1.29 is 24.2 Å². The van der Waals surface area contributed by atoms with Gasteiger partial charge in [-0.1, -0.05) is 30.0 Å². The van der Waals surface area contributed by atoms with Crippen LogP contribution in [0.15, 0.2) is 57.7 Å². The number of hydrogen-bond acceptors (Lipinski definition) is 7. The number of aliphatic carboxylic acids is 1. The first kappa shape index (κ1) is 20.4. The lowest BCUT2D eigenvalue weighted by molar-refractivity contribution is -0.136. The molecule has 2 atom stereocenters. The summed E-state index contributed by atoms with van der Waals surface area (Å²) in [6.45, 7) is 1.26. The molecule has 30 heavy (non-hydrogen) atoms. The minimum atomic E-state index is -0.911. The van der Waals surface area contributed by atoms with Crippen LogP contribution in [0.4, 0.5) is 0 Å². The van der Waals surface area contributed by atoms with Crippen LogP contribution in [0.1, 0.15) is 22.3 Å². The number of carboxylic acids is 1. The predicted molar refractivity (Wildman–Crippen MR) is 114 cm³/mol. The highest BCUT2D eigenvalue weighted by atomic mass is 32.2. The van der Waals surface area contributed by atoms with Gasteiger partial charge in [-0.25, -0.2) is 9.98 Å². The quantitative estimate of drug-likeness (QED) is 0.762. The number of aliphatic imine (C=N–C) groups is 2. The van der Waals surface area contributed by atoms with Crippen molar-refractivity contribution in [1.82, 2.24) is 5.32 Å².